The predicted molar refractivity (Wildman–Crippen MR) is 105 cm³/mol. The van der Waals surface area contributed by atoms with Crippen LogP contribution in [0.25, 0.3) is 0 Å². The van der Waals surface area contributed by atoms with E-state index < -0.39 is 5.82 Å². The van der Waals surface area contributed by atoms with Gasteiger partial charge >= 0.3 is 6.03 Å². The van der Waals surface area contributed by atoms with Crippen LogP contribution < -0.4 is 4.74 Å². The van der Waals surface area contributed by atoms with Gasteiger partial charge in [0.05, 0.1) is 18.3 Å². The highest BCUT2D eigenvalue weighted by Crippen LogP contribution is 2.29. The number of hydrogen-bond donors (Lipinski definition) is 0. The number of urea groups is 1. The number of ketones is 1. The third-order valence-electron chi connectivity index (χ3n) is 6.30. The lowest BCUT2D eigenvalue weighted by atomic mass is 9.88. The summed E-state index contributed by atoms with van der Waals surface area (Å²) in [6.07, 6.45) is 3.01. The van der Waals surface area contributed by atoms with Crippen LogP contribution in [0.5, 0.6) is 5.75 Å². The number of carbonyl (C=O) groups excluding carboxylic acids is 2. The zero-order chi connectivity index (χ0) is 21.1. The maximum atomic E-state index is 13.2. The zero-order valence-electron chi connectivity index (χ0n) is 16.9. The number of amides is 2. The number of rotatable bonds is 3. The molecule has 3 aliphatic heterocycles. The lowest BCUT2D eigenvalue weighted by Gasteiger charge is -2.43. The average Bonchev–Trinajstić information content (AvgIpc) is 2.77. The van der Waals surface area contributed by atoms with Crippen molar-refractivity contribution < 1.29 is 23.5 Å². The van der Waals surface area contributed by atoms with Gasteiger partial charge in [0.2, 0.25) is 0 Å². The first-order valence-corrected chi connectivity index (χ1v) is 10.5. The summed E-state index contributed by atoms with van der Waals surface area (Å²) in [7, 11) is 0. The average molecular weight is 415 g/mol. The largest absolute Gasteiger partial charge is 0.492 e. The Morgan fingerprint density at radius 1 is 1.23 bits per heavy atom. The first kappa shape index (κ1) is 20.6. The minimum Gasteiger partial charge on any atom is -0.492 e. The van der Waals surface area contributed by atoms with E-state index in [9.17, 15) is 14.0 Å². The summed E-state index contributed by atoms with van der Waals surface area (Å²) >= 11 is 0. The van der Waals surface area contributed by atoms with Crippen LogP contribution in [0.15, 0.2) is 18.2 Å². The van der Waals surface area contributed by atoms with Gasteiger partial charge < -0.3 is 19.3 Å². The summed E-state index contributed by atoms with van der Waals surface area (Å²) < 4.78 is 24.6. The number of Topliss-reactive ketones (excluding diaryl/α,β-unsaturated/α-hetero) is 1. The topological polar surface area (TPSA) is 82.9 Å². The van der Waals surface area contributed by atoms with E-state index in [1.807, 2.05) is 15.9 Å². The van der Waals surface area contributed by atoms with Gasteiger partial charge in [-0.15, -0.1) is 0 Å². The van der Waals surface area contributed by atoms with Crippen LogP contribution in [0.2, 0.25) is 0 Å². The van der Waals surface area contributed by atoms with Crippen LogP contribution in [0, 0.1) is 29.0 Å². The molecule has 0 radical (unpaired) electrons. The molecule has 0 N–H and O–H groups in total. The smallest absolute Gasteiger partial charge is 0.320 e. The molecule has 3 aliphatic rings. The van der Waals surface area contributed by atoms with Crippen LogP contribution in [-0.2, 0) is 9.53 Å². The summed E-state index contributed by atoms with van der Waals surface area (Å²) in [5.41, 5.74) is 0.191. The van der Waals surface area contributed by atoms with Gasteiger partial charge in [0.1, 0.15) is 24.2 Å². The van der Waals surface area contributed by atoms with Gasteiger partial charge in [-0.3, -0.25) is 4.79 Å². The van der Waals surface area contributed by atoms with Gasteiger partial charge in [-0.25, -0.2) is 9.18 Å². The second-order valence-electron chi connectivity index (χ2n) is 8.36. The third kappa shape index (κ3) is 4.57. The number of fused-ring (bicyclic) bond motifs is 1. The van der Waals surface area contributed by atoms with Crippen molar-refractivity contribution in [3.63, 3.8) is 0 Å². The van der Waals surface area contributed by atoms with Gasteiger partial charge in [0.25, 0.3) is 0 Å². The molecule has 0 aliphatic carbocycles. The molecule has 1 aromatic carbocycles. The number of ether oxygens (including phenoxy) is 2. The molecule has 0 saturated carbocycles. The molecule has 0 bridgehead atoms. The van der Waals surface area contributed by atoms with Gasteiger partial charge in [-0.1, -0.05) is 0 Å². The van der Waals surface area contributed by atoms with Crippen molar-refractivity contribution in [3.8, 4) is 11.8 Å². The highest BCUT2D eigenvalue weighted by atomic mass is 19.1. The molecule has 0 unspecified atom stereocenters. The Morgan fingerprint density at radius 3 is 2.77 bits per heavy atom. The standard InChI is InChI=1S/C22H26FN3O4/c23-18-1-2-20(16(9-18)11-24)29-13-15-3-6-25(7-4-15)22(28)26-8-5-21-17(12-26)10-19(27)14-30-21/h1-2,9,15,17,21H,3-8,10,12-14H2/t17-,21+/m1/s1. The van der Waals surface area contributed by atoms with Crippen LogP contribution >= 0.6 is 0 Å². The molecule has 1 aromatic rings. The number of halogens is 1. The Morgan fingerprint density at radius 2 is 2.00 bits per heavy atom. The molecule has 4 rings (SSSR count). The fraction of sp³-hybridized carbons (Fsp3) is 0.591. The minimum absolute atomic E-state index is 0.0381. The van der Waals surface area contributed by atoms with Crippen molar-refractivity contribution in [2.75, 3.05) is 39.4 Å². The fourth-order valence-electron chi connectivity index (χ4n) is 4.57. The molecule has 0 spiro atoms. The van der Waals surface area contributed by atoms with Gasteiger partial charge in [0.15, 0.2) is 5.78 Å². The van der Waals surface area contributed by atoms with Crippen molar-refractivity contribution in [1.29, 1.82) is 5.26 Å². The minimum atomic E-state index is -0.459. The predicted octanol–water partition coefficient (Wildman–Crippen LogP) is 2.59. The van der Waals surface area contributed by atoms with E-state index in [1.165, 1.54) is 18.2 Å². The quantitative estimate of drug-likeness (QED) is 0.758. The van der Waals surface area contributed by atoms with E-state index in [2.05, 4.69) is 0 Å². The fourth-order valence-corrected chi connectivity index (χ4v) is 4.57. The Labute approximate surface area is 175 Å². The van der Waals surface area contributed by atoms with E-state index in [-0.39, 0.29) is 41.9 Å². The Balaban J connectivity index is 1.25. The third-order valence-corrected chi connectivity index (χ3v) is 6.30. The number of piperidine rings is 2. The molecular weight excluding hydrogens is 389 g/mol. The summed E-state index contributed by atoms with van der Waals surface area (Å²) in [6.45, 7) is 3.20. The summed E-state index contributed by atoms with van der Waals surface area (Å²) in [5.74, 6) is 0.441. The number of nitrogens with zero attached hydrogens (tertiary/aromatic N) is 3. The van der Waals surface area contributed by atoms with Gasteiger partial charge in [0, 0.05) is 38.5 Å². The number of hydrogen-bond acceptors (Lipinski definition) is 5. The highest BCUT2D eigenvalue weighted by Gasteiger charge is 2.38. The maximum absolute atomic E-state index is 13.2. The van der Waals surface area contributed by atoms with Crippen LogP contribution in [-0.4, -0.2) is 67.1 Å². The van der Waals surface area contributed by atoms with E-state index in [1.54, 1.807) is 0 Å². The van der Waals surface area contributed by atoms with Crippen molar-refractivity contribution in [3.05, 3.63) is 29.6 Å². The Bertz CT molecular complexity index is 847. The summed E-state index contributed by atoms with van der Waals surface area (Å²) in [5, 5.41) is 9.11. The van der Waals surface area contributed by atoms with Crippen molar-refractivity contribution in [1.82, 2.24) is 9.80 Å². The van der Waals surface area contributed by atoms with E-state index in [0.29, 0.717) is 45.0 Å². The van der Waals surface area contributed by atoms with Crippen LogP contribution in [0.1, 0.15) is 31.2 Å². The molecular formula is C22H26FN3O4. The van der Waals surface area contributed by atoms with Crippen molar-refractivity contribution in [2.24, 2.45) is 11.8 Å². The molecule has 8 heteroatoms. The summed E-state index contributed by atoms with van der Waals surface area (Å²) in [4.78, 5) is 28.3. The molecule has 2 amide bonds. The molecule has 3 heterocycles. The van der Waals surface area contributed by atoms with Gasteiger partial charge in [-0.05, 0) is 43.4 Å². The number of benzene rings is 1. The molecule has 0 aromatic heterocycles. The van der Waals surface area contributed by atoms with Gasteiger partial charge in [-0.2, -0.15) is 5.26 Å². The second-order valence-corrected chi connectivity index (χ2v) is 8.36. The SMILES string of the molecule is N#Cc1cc(F)ccc1OCC1CCN(C(=O)N2CC[C@@H]3OCC(=O)C[C@@H]3C2)CC1. The molecule has 7 nitrogen and oxygen atoms in total. The van der Waals surface area contributed by atoms with E-state index in [0.717, 1.165) is 19.3 Å². The van der Waals surface area contributed by atoms with E-state index >= 15 is 0 Å². The molecule has 160 valence electrons. The summed E-state index contributed by atoms with van der Waals surface area (Å²) in [6, 6.07) is 5.93. The van der Waals surface area contributed by atoms with E-state index in [4.69, 9.17) is 14.7 Å². The molecule has 2 atom stereocenters. The number of carbonyl (C=O) groups is 2. The highest BCUT2D eigenvalue weighted by molar-refractivity contribution is 5.81. The lowest BCUT2D eigenvalue weighted by Crippen LogP contribution is -2.54. The number of nitriles is 1. The Kier molecular flexibility index (Phi) is 6.18. The maximum Gasteiger partial charge on any atom is 0.320 e. The van der Waals surface area contributed by atoms with Crippen molar-refractivity contribution >= 4 is 11.8 Å². The number of likely N-dealkylation sites (tertiary alicyclic amines) is 2. The second kappa shape index (κ2) is 9.00. The zero-order valence-corrected chi connectivity index (χ0v) is 16.9. The normalized spacial score (nSPS) is 24.9. The van der Waals surface area contributed by atoms with Crippen LogP contribution in [0.4, 0.5) is 9.18 Å². The lowest BCUT2D eigenvalue weighted by molar-refractivity contribution is -0.140. The first-order chi connectivity index (χ1) is 14.5. The van der Waals surface area contributed by atoms with Crippen molar-refractivity contribution in [2.45, 2.75) is 31.8 Å². The molecule has 3 fully saturated rings. The Hall–Kier alpha value is -2.66. The monoisotopic (exact) mass is 415 g/mol. The molecule has 3 saturated heterocycles. The molecule has 30 heavy (non-hydrogen) atoms. The first-order valence-electron chi connectivity index (χ1n) is 10.5. The van der Waals surface area contributed by atoms with Crippen LogP contribution in [0.3, 0.4) is 0 Å².